The molecule has 2 aromatic carbocycles. The number of hydrogen-bond donors (Lipinski definition) is 2. The SMILES string of the molecule is COc1ccc(C(=O)NNC(=O)COC(=O)/C=C/c2c(C)nn(Cc3ccc(C)cc3)c2Cl)cc1. The van der Waals surface area contributed by atoms with E-state index < -0.39 is 24.4 Å². The molecule has 0 radical (unpaired) electrons. The fraction of sp³-hybridized carbons (Fsp3) is 0.200. The van der Waals surface area contributed by atoms with Crippen LogP contribution in [0.25, 0.3) is 6.08 Å². The lowest BCUT2D eigenvalue weighted by Gasteiger charge is -2.08. The van der Waals surface area contributed by atoms with Crippen molar-refractivity contribution in [3.8, 4) is 5.75 Å². The lowest BCUT2D eigenvalue weighted by molar-refractivity contribution is -0.144. The molecule has 0 bridgehead atoms. The highest BCUT2D eigenvalue weighted by Gasteiger charge is 2.13. The van der Waals surface area contributed by atoms with Crippen LogP contribution in [0.5, 0.6) is 5.75 Å². The maximum Gasteiger partial charge on any atom is 0.331 e. The first kappa shape index (κ1) is 25.5. The molecule has 1 heterocycles. The fourth-order valence-electron chi connectivity index (χ4n) is 3.04. The number of amides is 2. The number of aromatic nitrogens is 2. The van der Waals surface area contributed by atoms with Gasteiger partial charge in [-0.25, -0.2) is 9.48 Å². The number of carbonyl (C=O) groups is 3. The van der Waals surface area contributed by atoms with E-state index >= 15 is 0 Å². The van der Waals surface area contributed by atoms with E-state index in [4.69, 9.17) is 21.1 Å². The molecule has 1 aromatic heterocycles. The standard InChI is InChI=1S/C25H25ClN4O5/c1-16-4-6-18(7-5-16)14-30-24(26)21(17(2)29-30)12-13-23(32)35-15-22(31)27-28-25(33)19-8-10-20(34-3)11-9-19/h4-13H,14-15H2,1-3H3,(H,27,31)(H,28,33)/b13-12+. The third kappa shape index (κ3) is 7.18. The summed E-state index contributed by atoms with van der Waals surface area (Å²) >= 11 is 6.45. The molecular weight excluding hydrogens is 472 g/mol. The molecule has 182 valence electrons. The van der Waals surface area contributed by atoms with Gasteiger partial charge in [-0.05, 0) is 49.8 Å². The van der Waals surface area contributed by atoms with Crippen LogP contribution in [-0.2, 0) is 20.9 Å². The summed E-state index contributed by atoms with van der Waals surface area (Å²) in [5.41, 5.74) is 8.16. The average Bonchev–Trinajstić information content (AvgIpc) is 3.13. The van der Waals surface area contributed by atoms with Crippen LogP contribution in [0.15, 0.2) is 54.6 Å². The number of esters is 1. The van der Waals surface area contributed by atoms with E-state index in [1.54, 1.807) is 35.9 Å². The molecule has 3 aromatic rings. The van der Waals surface area contributed by atoms with Crippen molar-refractivity contribution in [1.82, 2.24) is 20.6 Å². The lowest BCUT2D eigenvalue weighted by atomic mass is 10.1. The van der Waals surface area contributed by atoms with E-state index in [2.05, 4.69) is 16.0 Å². The predicted molar refractivity (Wildman–Crippen MR) is 131 cm³/mol. The molecule has 0 aliphatic heterocycles. The highest BCUT2D eigenvalue weighted by Crippen LogP contribution is 2.22. The Morgan fingerprint density at radius 2 is 1.71 bits per heavy atom. The summed E-state index contributed by atoms with van der Waals surface area (Å²) in [7, 11) is 1.52. The molecule has 0 saturated heterocycles. The number of hydrazine groups is 1. The van der Waals surface area contributed by atoms with Crippen LogP contribution < -0.4 is 15.6 Å². The van der Waals surface area contributed by atoms with Gasteiger partial charge >= 0.3 is 5.97 Å². The Hall–Kier alpha value is -4.11. The van der Waals surface area contributed by atoms with E-state index in [1.165, 1.54) is 13.2 Å². The van der Waals surface area contributed by atoms with Crippen LogP contribution >= 0.6 is 11.6 Å². The second kappa shape index (κ2) is 11.8. The Balaban J connectivity index is 1.48. The molecule has 3 rings (SSSR count). The van der Waals surface area contributed by atoms with Crippen molar-refractivity contribution in [3.63, 3.8) is 0 Å². The first-order valence-electron chi connectivity index (χ1n) is 10.6. The molecule has 0 saturated carbocycles. The molecule has 2 amide bonds. The van der Waals surface area contributed by atoms with Gasteiger partial charge in [-0.1, -0.05) is 41.4 Å². The van der Waals surface area contributed by atoms with Crippen LogP contribution in [0, 0.1) is 13.8 Å². The van der Waals surface area contributed by atoms with Gasteiger partial charge in [0.15, 0.2) is 6.61 Å². The van der Waals surface area contributed by atoms with Gasteiger partial charge in [0.2, 0.25) is 0 Å². The number of ether oxygens (including phenoxy) is 2. The second-order valence-electron chi connectivity index (χ2n) is 7.60. The van der Waals surface area contributed by atoms with Gasteiger partial charge < -0.3 is 9.47 Å². The van der Waals surface area contributed by atoms with Gasteiger partial charge in [0.1, 0.15) is 10.9 Å². The van der Waals surface area contributed by atoms with Crippen molar-refractivity contribution in [1.29, 1.82) is 0 Å². The number of nitrogens with one attached hydrogen (secondary N) is 2. The van der Waals surface area contributed by atoms with E-state index in [-0.39, 0.29) is 0 Å². The minimum Gasteiger partial charge on any atom is -0.497 e. The fourth-order valence-corrected chi connectivity index (χ4v) is 3.34. The zero-order valence-electron chi connectivity index (χ0n) is 19.5. The largest absolute Gasteiger partial charge is 0.497 e. The van der Waals surface area contributed by atoms with Crippen molar-refractivity contribution < 1.29 is 23.9 Å². The summed E-state index contributed by atoms with van der Waals surface area (Å²) in [5, 5.41) is 4.81. The highest BCUT2D eigenvalue weighted by atomic mass is 35.5. The molecule has 10 heteroatoms. The third-order valence-electron chi connectivity index (χ3n) is 4.96. The second-order valence-corrected chi connectivity index (χ2v) is 7.96. The normalized spacial score (nSPS) is 10.7. The Bertz CT molecular complexity index is 1230. The molecule has 0 aliphatic rings. The van der Waals surface area contributed by atoms with Crippen LogP contribution in [0.2, 0.25) is 5.15 Å². The van der Waals surface area contributed by atoms with Crippen molar-refractivity contribution in [2.24, 2.45) is 0 Å². The molecule has 0 atom stereocenters. The van der Waals surface area contributed by atoms with Crippen LogP contribution in [0.1, 0.15) is 32.7 Å². The minimum absolute atomic E-state index is 0.321. The molecule has 0 aliphatic carbocycles. The van der Waals surface area contributed by atoms with Crippen molar-refractivity contribution in [3.05, 3.63) is 87.7 Å². The van der Waals surface area contributed by atoms with Gasteiger partial charge in [0, 0.05) is 17.2 Å². The smallest absolute Gasteiger partial charge is 0.331 e. The number of rotatable bonds is 8. The maximum absolute atomic E-state index is 12.0. The van der Waals surface area contributed by atoms with E-state index in [1.807, 2.05) is 31.2 Å². The average molecular weight is 497 g/mol. The first-order valence-corrected chi connectivity index (χ1v) is 11.0. The first-order chi connectivity index (χ1) is 16.8. The van der Waals surface area contributed by atoms with Gasteiger partial charge in [0.05, 0.1) is 19.3 Å². The van der Waals surface area contributed by atoms with Gasteiger partial charge in [-0.3, -0.25) is 20.4 Å². The number of methoxy groups -OCH3 is 1. The molecule has 0 unspecified atom stereocenters. The monoisotopic (exact) mass is 496 g/mol. The number of hydrogen-bond acceptors (Lipinski definition) is 6. The molecule has 35 heavy (non-hydrogen) atoms. The Morgan fingerprint density at radius 3 is 2.37 bits per heavy atom. The topological polar surface area (TPSA) is 112 Å². The third-order valence-corrected chi connectivity index (χ3v) is 5.36. The van der Waals surface area contributed by atoms with Crippen molar-refractivity contribution in [2.75, 3.05) is 13.7 Å². The van der Waals surface area contributed by atoms with E-state index in [0.29, 0.717) is 34.3 Å². The number of halogens is 1. The Labute approximate surface area is 207 Å². The van der Waals surface area contributed by atoms with Crippen LogP contribution in [-0.4, -0.2) is 41.3 Å². The summed E-state index contributed by atoms with van der Waals surface area (Å²) in [6.45, 7) is 3.70. The molecule has 9 nitrogen and oxygen atoms in total. The summed E-state index contributed by atoms with van der Waals surface area (Å²) < 4.78 is 11.6. The summed E-state index contributed by atoms with van der Waals surface area (Å²) in [6, 6.07) is 14.3. The van der Waals surface area contributed by atoms with E-state index in [0.717, 1.165) is 17.2 Å². The molecule has 0 spiro atoms. The predicted octanol–water partition coefficient (Wildman–Crippen LogP) is 3.23. The minimum atomic E-state index is -0.747. The number of nitrogens with zero attached hydrogens (tertiary/aromatic N) is 2. The number of benzene rings is 2. The molecule has 2 N–H and O–H groups in total. The summed E-state index contributed by atoms with van der Waals surface area (Å²) in [5.74, 6) is -1.38. The van der Waals surface area contributed by atoms with Crippen LogP contribution in [0.4, 0.5) is 0 Å². The molecule has 0 fully saturated rings. The quantitative estimate of drug-likeness (QED) is 0.281. The number of aryl methyl sites for hydroxylation is 2. The highest BCUT2D eigenvalue weighted by molar-refractivity contribution is 6.31. The van der Waals surface area contributed by atoms with Gasteiger partial charge in [0.25, 0.3) is 11.8 Å². The Morgan fingerprint density at radius 1 is 1.03 bits per heavy atom. The lowest BCUT2D eigenvalue weighted by Crippen LogP contribution is -2.43. The molecular formula is C25H25ClN4O5. The van der Waals surface area contributed by atoms with Crippen LogP contribution in [0.3, 0.4) is 0 Å². The zero-order chi connectivity index (χ0) is 25.4. The Kier molecular flexibility index (Phi) is 8.63. The number of carbonyl (C=O) groups excluding carboxylic acids is 3. The van der Waals surface area contributed by atoms with Crippen molar-refractivity contribution >= 4 is 35.5 Å². The van der Waals surface area contributed by atoms with Gasteiger partial charge in [-0.15, -0.1) is 0 Å². The van der Waals surface area contributed by atoms with E-state index in [9.17, 15) is 14.4 Å². The van der Waals surface area contributed by atoms with Gasteiger partial charge in [-0.2, -0.15) is 5.10 Å². The summed E-state index contributed by atoms with van der Waals surface area (Å²) in [6.07, 6.45) is 2.65. The maximum atomic E-state index is 12.0. The van der Waals surface area contributed by atoms with Crippen molar-refractivity contribution in [2.45, 2.75) is 20.4 Å². The zero-order valence-corrected chi connectivity index (χ0v) is 20.3. The summed E-state index contributed by atoms with van der Waals surface area (Å²) in [4.78, 5) is 36.0.